The number of nitrogens with one attached hydrogen (secondary N) is 1. The Morgan fingerprint density at radius 1 is 1.13 bits per heavy atom. The van der Waals surface area contributed by atoms with Gasteiger partial charge in [0.05, 0.1) is 12.2 Å². The Bertz CT molecular complexity index is 1080. The molecule has 0 aliphatic carbocycles. The third-order valence-electron chi connectivity index (χ3n) is 4.72. The van der Waals surface area contributed by atoms with E-state index in [1.807, 2.05) is 19.9 Å². The van der Waals surface area contributed by atoms with Crippen LogP contribution in [0.4, 0.5) is 4.39 Å². The number of Topliss-reactive ketones (excluding diaryl/α,β-unsaturated/α-hetero) is 1. The Labute approximate surface area is 180 Å². The molecule has 1 amide bonds. The molecule has 2 aromatic heterocycles. The predicted molar refractivity (Wildman–Crippen MR) is 114 cm³/mol. The van der Waals surface area contributed by atoms with Crippen molar-refractivity contribution in [1.82, 2.24) is 15.3 Å². The van der Waals surface area contributed by atoms with Crippen LogP contribution in [0.2, 0.25) is 0 Å². The number of pyridine rings is 2. The van der Waals surface area contributed by atoms with Gasteiger partial charge in [-0.25, -0.2) is 9.37 Å². The summed E-state index contributed by atoms with van der Waals surface area (Å²) in [4.78, 5) is 32.4. The number of nitrogens with zero attached hydrogens (tertiary/aromatic N) is 2. The average Bonchev–Trinajstić information content (AvgIpc) is 2.73. The Kier molecular flexibility index (Phi) is 7.07. The molecule has 0 aliphatic rings. The Balaban J connectivity index is 1.63. The molecule has 0 radical (unpaired) electrons. The van der Waals surface area contributed by atoms with Crippen molar-refractivity contribution in [3.8, 4) is 5.75 Å². The van der Waals surface area contributed by atoms with Crippen LogP contribution in [0, 0.1) is 12.7 Å². The lowest BCUT2D eigenvalue weighted by Gasteiger charge is -2.15. The number of hydrogen-bond donors (Lipinski definition) is 1. The summed E-state index contributed by atoms with van der Waals surface area (Å²) in [5.74, 6) is -0.0293. The molecule has 0 spiro atoms. The molecule has 160 valence electrons. The number of rotatable bonds is 8. The minimum absolute atomic E-state index is 0.0303. The molecule has 2 heterocycles. The first kappa shape index (κ1) is 22.1. The summed E-state index contributed by atoms with van der Waals surface area (Å²) >= 11 is 0. The first-order chi connectivity index (χ1) is 14.8. The van der Waals surface area contributed by atoms with Gasteiger partial charge in [0.15, 0.2) is 0 Å². The molecule has 1 unspecified atom stereocenters. The first-order valence-corrected chi connectivity index (χ1v) is 9.91. The molecule has 1 aromatic carbocycles. The van der Waals surface area contributed by atoms with Gasteiger partial charge in [0.2, 0.25) is 0 Å². The molecule has 1 N–H and O–H groups in total. The second kappa shape index (κ2) is 9.93. The smallest absolute Gasteiger partial charge is 0.270 e. The topological polar surface area (TPSA) is 81.2 Å². The van der Waals surface area contributed by atoms with E-state index >= 15 is 0 Å². The van der Waals surface area contributed by atoms with Crippen LogP contribution in [0.25, 0.3) is 0 Å². The van der Waals surface area contributed by atoms with E-state index in [1.54, 1.807) is 30.5 Å². The van der Waals surface area contributed by atoms with Gasteiger partial charge < -0.3 is 10.1 Å². The number of carbonyl (C=O) groups excluding carboxylic acids is 2. The number of ketones is 1. The molecule has 3 aromatic rings. The van der Waals surface area contributed by atoms with Crippen molar-refractivity contribution in [1.29, 1.82) is 0 Å². The monoisotopic (exact) mass is 421 g/mol. The Morgan fingerprint density at radius 3 is 2.55 bits per heavy atom. The average molecular weight is 421 g/mol. The summed E-state index contributed by atoms with van der Waals surface area (Å²) in [6, 6.07) is 11.1. The molecular weight excluding hydrogens is 397 g/mol. The van der Waals surface area contributed by atoms with Crippen LogP contribution in [-0.2, 0) is 17.8 Å². The molecule has 7 heteroatoms. The number of halogens is 1. The van der Waals surface area contributed by atoms with E-state index in [2.05, 4.69) is 15.3 Å². The van der Waals surface area contributed by atoms with Gasteiger partial charge in [-0.3, -0.25) is 14.6 Å². The van der Waals surface area contributed by atoms with Crippen LogP contribution in [0.15, 0.2) is 54.9 Å². The predicted octanol–water partition coefficient (Wildman–Crippen LogP) is 4.13. The van der Waals surface area contributed by atoms with Crippen molar-refractivity contribution in [3.63, 3.8) is 0 Å². The number of aryl methyl sites for hydroxylation is 1. The highest BCUT2D eigenvalue weighted by Crippen LogP contribution is 2.20. The first-order valence-electron chi connectivity index (χ1n) is 9.91. The van der Waals surface area contributed by atoms with Crippen LogP contribution in [0.5, 0.6) is 5.75 Å². The summed E-state index contributed by atoms with van der Waals surface area (Å²) in [7, 11) is 0. The Hall–Kier alpha value is -3.61. The lowest BCUT2D eigenvalue weighted by atomic mass is 10.1. The van der Waals surface area contributed by atoms with E-state index in [0.29, 0.717) is 11.4 Å². The summed E-state index contributed by atoms with van der Waals surface area (Å²) in [6.07, 6.45) is 3.40. The molecular formula is C24H24FN3O3. The maximum Gasteiger partial charge on any atom is 0.270 e. The third kappa shape index (κ3) is 6.18. The van der Waals surface area contributed by atoms with Gasteiger partial charge >= 0.3 is 0 Å². The minimum Gasteiger partial charge on any atom is -0.487 e. The van der Waals surface area contributed by atoms with Gasteiger partial charge in [0.25, 0.3) is 5.91 Å². The molecule has 1 atom stereocenters. The van der Waals surface area contributed by atoms with Crippen molar-refractivity contribution < 1.29 is 18.7 Å². The molecule has 0 saturated heterocycles. The van der Waals surface area contributed by atoms with Crippen molar-refractivity contribution >= 4 is 11.7 Å². The van der Waals surface area contributed by atoms with E-state index < -0.39 is 0 Å². The zero-order valence-corrected chi connectivity index (χ0v) is 17.7. The normalized spacial score (nSPS) is 11.6. The van der Waals surface area contributed by atoms with Gasteiger partial charge in [0, 0.05) is 18.3 Å². The zero-order valence-electron chi connectivity index (χ0n) is 17.7. The molecule has 31 heavy (non-hydrogen) atoms. The largest absolute Gasteiger partial charge is 0.487 e. The molecule has 0 saturated carbocycles. The molecule has 6 nitrogen and oxygen atoms in total. The number of amides is 1. The third-order valence-corrected chi connectivity index (χ3v) is 4.72. The van der Waals surface area contributed by atoms with E-state index in [1.165, 1.54) is 25.3 Å². The lowest BCUT2D eigenvalue weighted by molar-refractivity contribution is -0.116. The highest BCUT2D eigenvalue weighted by atomic mass is 19.1. The van der Waals surface area contributed by atoms with Crippen LogP contribution >= 0.6 is 0 Å². The van der Waals surface area contributed by atoms with Crippen LogP contribution in [0.1, 0.15) is 52.8 Å². The number of hydrogen-bond acceptors (Lipinski definition) is 5. The number of ether oxygens (including phenoxy) is 1. The lowest BCUT2D eigenvalue weighted by Crippen LogP contribution is -2.27. The van der Waals surface area contributed by atoms with Gasteiger partial charge in [-0.1, -0.05) is 12.1 Å². The van der Waals surface area contributed by atoms with Gasteiger partial charge in [0.1, 0.15) is 29.7 Å². The highest BCUT2D eigenvalue weighted by molar-refractivity contribution is 5.92. The summed E-state index contributed by atoms with van der Waals surface area (Å²) in [5.41, 5.74) is 3.40. The fourth-order valence-corrected chi connectivity index (χ4v) is 3.03. The van der Waals surface area contributed by atoms with Crippen molar-refractivity contribution in [3.05, 3.63) is 88.8 Å². The maximum atomic E-state index is 13.0. The van der Waals surface area contributed by atoms with Crippen LogP contribution < -0.4 is 10.1 Å². The minimum atomic E-state index is -0.314. The van der Waals surface area contributed by atoms with E-state index in [0.717, 1.165) is 16.7 Å². The van der Waals surface area contributed by atoms with Crippen LogP contribution in [0.3, 0.4) is 0 Å². The molecule has 0 aliphatic heterocycles. The summed E-state index contributed by atoms with van der Waals surface area (Å²) in [5, 5.41) is 2.91. The fraction of sp³-hybridized carbons (Fsp3) is 0.250. The zero-order chi connectivity index (χ0) is 22.4. The SMILES string of the molecule is CC(=O)Cc1cc(C(C)NC(=O)c2cc(C)c(OCc3ccc(F)cc3)cn2)ccn1. The molecule has 0 bridgehead atoms. The van der Waals surface area contributed by atoms with Crippen molar-refractivity contribution in [2.75, 3.05) is 0 Å². The Morgan fingerprint density at radius 2 is 1.87 bits per heavy atom. The summed E-state index contributed by atoms with van der Waals surface area (Å²) < 4.78 is 18.7. The van der Waals surface area contributed by atoms with E-state index in [-0.39, 0.29) is 42.3 Å². The highest BCUT2D eigenvalue weighted by Gasteiger charge is 2.15. The number of carbonyl (C=O) groups is 2. The molecule has 3 rings (SSSR count). The van der Waals surface area contributed by atoms with Crippen molar-refractivity contribution in [2.24, 2.45) is 0 Å². The van der Waals surface area contributed by atoms with Crippen molar-refractivity contribution in [2.45, 2.75) is 39.8 Å². The molecule has 0 fully saturated rings. The van der Waals surface area contributed by atoms with E-state index in [4.69, 9.17) is 4.74 Å². The van der Waals surface area contributed by atoms with Gasteiger partial charge in [-0.2, -0.15) is 0 Å². The number of benzene rings is 1. The van der Waals surface area contributed by atoms with Crippen LogP contribution in [-0.4, -0.2) is 21.7 Å². The standard InChI is InChI=1S/C24H24FN3O3/c1-15-10-22(27-13-23(15)31-14-18-4-6-20(25)7-5-18)24(30)28-17(3)19-8-9-26-21(12-19)11-16(2)29/h4-10,12-13,17H,11,14H2,1-3H3,(H,28,30). The van der Waals surface area contributed by atoms with Gasteiger partial charge in [-0.05, 0) is 67.8 Å². The quantitative estimate of drug-likeness (QED) is 0.592. The maximum absolute atomic E-state index is 13.0. The summed E-state index contributed by atoms with van der Waals surface area (Å²) in [6.45, 7) is 5.48. The number of aromatic nitrogens is 2. The fourth-order valence-electron chi connectivity index (χ4n) is 3.03. The second-order valence-electron chi connectivity index (χ2n) is 7.40. The van der Waals surface area contributed by atoms with E-state index in [9.17, 15) is 14.0 Å². The van der Waals surface area contributed by atoms with Gasteiger partial charge in [-0.15, -0.1) is 0 Å². The second-order valence-corrected chi connectivity index (χ2v) is 7.40.